The van der Waals surface area contributed by atoms with E-state index >= 15 is 0 Å². The van der Waals surface area contributed by atoms with Crippen LogP contribution in [0.25, 0.3) is 0 Å². The number of ether oxygens (including phenoxy) is 1. The molecule has 0 bridgehead atoms. The average molecular weight is 256 g/mol. The molecule has 0 radical (unpaired) electrons. The second-order valence-electron chi connectivity index (χ2n) is 3.59. The van der Waals surface area contributed by atoms with Gasteiger partial charge in [-0.1, -0.05) is 11.3 Å². The number of esters is 1. The molecule has 17 heavy (non-hydrogen) atoms. The number of carbonyl (C=O) groups is 2. The van der Waals surface area contributed by atoms with Crippen molar-refractivity contribution in [3.05, 3.63) is 11.1 Å². The summed E-state index contributed by atoms with van der Waals surface area (Å²) < 4.78 is 4.83. The van der Waals surface area contributed by atoms with E-state index in [1.165, 1.54) is 11.1 Å². The highest BCUT2D eigenvalue weighted by Crippen LogP contribution is 2.27. The SMILES string of the molecule is CCOC(=O)c1cnc(N2CC(O)CC2=O)s1. The van der Waals surface area contributed by atoms with Gasteiger partial charge in [-0.15, -0.1) is 0 Å². The molecule has 6 nitrogen and oxygen atoms in total. The fourth-order valence-electron chi connectivity index (χ4n) is 1.56. The molecule has 1 N–H and O–H groups in total. The van der Waals surface area contributed by atoms with Crippen molar-refractivity contribution in [2.24, 2.45) is 0 Å². The Balaban J connectivity index is 2.13. The van der Waals surface area contributed by atoms with E-state index in [0.717, 1.165) is 11.3 Å². The number of hydrogen-bond donors (Lipinski definition) is 1. The van der Waals surface area contributed by atoms with Gasteiger partial charge in [-0.05, 0) is 6.92 Å². The number of rotatable bonds is 3. The molecule has 1 saturated heterocycles. The molecule has 1 amide bonds. The number of aliphatic hydroxyl groups is 1. The van der Waals surface area contributed by atoms with Gasteiger partial charge in [-0.2, -0.15) is 0 Å². The van der Waals surface area contributed by atoms with Gasteiger partial charge >= 0.3 is 5.97 Å². The molecule has 0 aromatic carbocycles. The van der Waals surface area contributed by atoms with Crippen LogP contribution in [0.1, 0.15) is 23.0 Å². The number of thiazole rings is 1. The molecule has 1 fully saturated rings. The molecule has 0 spiro atoms. The number of carbonyl (C=O) groups excluding carboxylic acids is 2. The van der Waals surface area contributed by atoms with Crippen LogP contribution in [0.15, 0.2) is 6.20 Å². The lowest BCUT2D eigenvalue weighted by molar-refractivity contribution is -0.117. The normalized spacial score (nSPS) is 19.8. The maximum atomic E-state index is 11.5. The molecule has 7 heteroatoms. The summed E-state index contributed by atoms with van der Waals surface area (Å²) in [4.78, 5) is 28.7. The first-order chi connectivity index (χ1) is 8.11. The van der Waals surface area contributed by atoms with E-state index in [-0.39, 0.29) is 18.9 Å². The first-order valence-corrected chi connectivity index (χ1v) is 6.05. The third-order valence-corrected chi connectivity index (χ3v) is 3.31. The van der Waals surface area contributed by atoms with Gasteiger partial charge in [0.25, 0.3) is 0 Å². The van der Waals surface area contributed by atoms with E-state index in [2.05, 4.69) is 4.98 Å². The van der Waals surface area contributed by atoms with Gasteiger partial charge in [0.2, 0.25) is 5.91 Å². The minimum atomic E-state index is -0.655. The minimum Gasteiger partial charge on any atom is -0.462 e. The smallest absolute Gasteiger partial charge is 0.350 e. The third-order valence-electron chi connectivity index (χ3n) is 2.31. The van der Waals surface area contributed by atoms with Gasteiger partial charge in [0.1, 0.15) is 4.88 Å². The zero-order chi connectivity index (χ0) is 12.4. The Morgan fingerprint density at radius 3 is 3.12 bits per heavy atom. The van der Waals surface area contributed by atoms with Crippen molar-refractivity contribution >= 4 is 28.3 Å². The number of amides is 1. The van der Waals surface area contributed by atoms with Gasteiger partial charge < -0.3 is 9.84 Å². The van der Waals surface area contributed by atoms with Crippen LogP contribution in [0.4, 0.5) is 5.13 Å². The van der Waals surface area contributed by atoms with E-state index in [1.54, 1.807) is 6.92 Å². The zero-order valence-corrected chi connectivity index (χ0v) is 10.1. The van der Waals surface area contributed by atoms with Crippen molar-refractivity contribution in [2.75, 3.05) is 18.1 Å². The highest BCUT2D eigenvalue weighted by molar-refractivity contribution is 7.17. The van der Waals surface area contributed by atoms with Gasteiger partial charge in [0, 0.05) is 0 Å². The molecule has 1 aliphatic rings. The zero-order valence-electron chi connectivity index (χ0n) is 9.25. The summed E-state index contributed by atoms with van der Waals surface area (Å²) >= 11 is 1.09. The van der Waals surface area contributed by atoms with Crippen LogP contribution in [-0.4, -0.2) is 41.2 Å². The predicted molar refractivity (Wildman–Crippen MR) is 61.0 cm³/mol. The molecule has 1 unspecified atom stereocenters. The topological polar surface area (TPSA) is 79.7 Å². The van der Waals surface area contributed by atoms with E-state index in [0.29, 0.717) is 16.6 Å². The highest BCUT2D eigenvalue weighted by atomic mass is 32.1. The van der Waals surface area contributed by atoms with Crippen LogP contribution in [-0.2, 0) is 9.53 Å². The molecule has 1 aromatic heterocycles. The number of hydrogen-bond acceptors (Lipinski definition) is 6. The monoisotopic (exact) mass is 256 g/mol. The van der Waals surface area contributed by atoms with E-state index in [4.69, 9.17) is 4.74 Å². The van der Waals surface area contributed by atoms with E-state index < -0.39 is 12.1 Å². The maximum Gasteiger partial charge on any atom is 0.350 e. The molecule has 0 aliphatic carbocycles. The Labute approximate surface area is 102 Å². The number of aliphatic hydroxyl groups excluding tert-OH is 1. The third kappa shape index (κ3) is 2.45. The molecular formula is C10H12N2O4S. The van der Waals surface area contributed by atoms with E-state index in [1.807, 2.05) is 0 Å². The molecule has 92 valence electrons. The lowest BCUT2D eigenvalue weighted by atomic mass is 10.3. The van der Waals surface area contributed by atoms with Crippen LogP contribution >= 0.6 is 11.3 Å². The van der Waals surface area contributed by atoms with Gasteiger partial charge in [0.15, 0.2) is 5.13 Å². The molecule has 2 rings (SSSR count). The van der Waals surface area contributed by atoms with Crippen molar-refractivity contribution in [3.8, 4) is 0 Å². The van der Waals surface area contributed by atoms with Gasteiger partial charge in [-0.25, -0.2) is 9.78 Å². The Kier molecular flexibility index (Phi) is 3.39. The largest absolute Gasteiger partial charge is 0.462 e. The average Bonchev–Trinajstić information content (AvgIpc) is 2.85. The predicted octanol–water partition coefficient (Wildman–Crippen LogP) is 0.417. The summed E-state index contributed by atoms with van der Waals surface area (Å²) in [6, 6.07) is 0. The number of nitrogens with zero attached hydrogens (tertiary/aromatic N) is 2. The quantitative estimate of drug-likeness (QED) is 0.793. The lowest BCUT2D eigenvalue weighted by Crippen LogP contribution is -2.24. The molecule has 2 heterocycles. The summed E-state index contributed by atoms with van der Waals surface area (Å²) in [5.74, 6) is -0.620. The summed E-state index contributed by atoms with van der Waals surface area (Å²) in [6.07, 6.45) is 0.835. The standard InChI is InChI=1S/C10H12N2O4S/c1-2-16-9(15)7-4-11-10(17-7)12-5-6(13)3-8(12)14/h4,6,13H,2-3,5H2,1H3. The van der Waals surface area contributed by atoms with Crippen molar-refractivity contribution in [3.63, 3.8) is 0 Å². The number of β-amino-alcohol motifs (C(OH)–C–C–N with tert-alkyl or cyclic N) is 1. The van der Waals surface area contributed by atoms with Crippen molar-refractivity contribution in [1.29, 1.82) is 0 Å². The van der Waals surface area contributed by atoms with Crippen LogP contribution in [0, 0.1) is 0 Å². The van der Waals surface area contributed by atoms with Gasteiger partial charge in [0.05, 0.1) is 31.9 Å². The Morgan fingerprint density at radius 1 is 1.76 bits per heavy atom. The van der Waals surface area contributed by atoms with Crippen LogP contribution in [0.5, 0.6) is 0 Å². The molecule has 1 atom stereocenters. The van der Waals surface area contributed by atoms with Crippen molar-refractivity contribution in [2.45, 2.75) is 19.4 Å². The van der Waals surface area contributed by atoms with Crippen LogP contribution < -0.4 is 4.90 Å². The molecule has 1 aliphatic heterocycles. The molecule has 0 saturated carbocycles. The fraction of sp³-hybridized carbons (Fsp3) is 0.500. The Morgan fingerprint density at radius 2 is 2.53 bits per heavy atom. The fourth-order valence-corrected chi connectivity index (χ4v) is 2.40. The first kappa shape index (κ1) is 12.0. The Bertz CT molecular complexity index is 445. The minimum absolute atomic E-state index is 0.105. The van der Waals surface area contributed by atoms with Crippen molar-refractivity contribution < 1.29 is 19.4 Å². The highest BCUT2D eigenvalue weighted by Gasteiger charge is 2.31. The summed E-state index contributed by atoms with van der Waals surface area (Å²) in [6.45, 7) is 2.25. The number of aromatic nitrogens is 1. The van der Waals surface area contributed by atoms with Crippen LogP contribution in [0.2, 0.25) is 0 Å². The summed E-state index contributed by atoms with van der Waals surface area (Å²) in [7, 11) is 0. The summed E-state index contributed by atoms with van der Waals surface area (Å²) in [5, 5.41) is 9.78. The van der Waals surface area contributed by atoms with Crippen molar-refractivity contribution in [1.82, 2.24) is 4.98 Å². The first-order valence-electron chi connectivity index (χ1n) is 5.23. The van der Waals surface area contributed by atoms with E-state index in [9.17, 15) is 14.7 Å². The van der Waals surface area contributed by atoms with Gasteiger partial charge in [-0.3, -0.25) is 9.69 Å². The summed E-state index contributed by atoms with van der Waals surface area (Å²) in [5.41, 5.74) is 0. The second-order valence-corrected chi connectivity index (χ2v) is 4.60. The molecule has 1 aromatic rings. The Hall–Kier alpha value is -1.47. The van der Waals surface area contributed by atoms with Crippen LogP contribution in [0.3, 0.4) is 0 Å². The lowest BCUT2D eigenvalue weighted by Gasteiger charge is -2.10. The second kappa shape index (κ2) is 4.80. The number of anilines is 1. The molecular weight excluding hydrogens is 244 g/mol. The maximum absolute atomic E-state index is 11.5.